The van der Waals surface area contributed by atoms with E-state index in [1.54, 1.807) is 6.07 Å². The fourth-order valence-electron chi connectivity index (χ4n) is 5.32. The predicted molar refractivity (Wildman–Crippen MR) is 182 cm³/mol. The topological polar surface area (TPSA) is 138 Å². The molecule has 3 aromatic rings. The molecule has 0 fully saturated rings. The molecule has 48 heavy (non-hydrogen) atoms. The van der Waals surface area contributed by atoms with Crippen molar-refractivity contribution in [1.29, 1.82) is 0 Å². The third-order valence-corrected chi connectivity index (χ3v) is 9.46. The molecular formula is C36H44N4O7S. The largest absolute Gasteiger partial charge is 0.486 e. The van der Waals surface area contributed by atoms with Gasteiger partial charge in [0.2, 0.25) is 15.9 Å². The number of terminal acetylenes is 1. The number of aliphatic hydroxyl groups excluding tert-OH is 1. The van der Waals surface area contributed by atoms with E-state index in [2.05, 4.69) is 16.7 Å². The molecule has 0 saturated heterocycles. The molecule has 0 saturated carbocycles. The highest BCUT2D eigenvalue weighted by Crippen LogP contribution is 2.33. The molecule has 1 unspecified atom stereocenters. The van der Waals surface area contributed by atoms with E-state index < -0.39 is 34.0 Å². The Morgan fingerprint density at radius 3 is 2.23 bits per heavy atom. The second-order valence-corrected chi connectivity index (χ2v) is 13.9. The van der Waals surface area contributed by atoms with Gasteiger partial charge >= 0.3 is 0 Å². The van der Waals surface area contributed by atoms with Crippen molar-refractivity contribution in [2.75, 3.05) is 32.8 Å². The molecule has 0 spiro atoms. The number of carbonyl (C=O) groups is 2. The smallest absolute Gasteiger partial charge is 0.252 e. The molecular weight excluding hydrogens is 632 g/mol. The van der Waals surface area contributed by atoms with E-state index in [-0.39, 0.29) is 49.7 Å². The molecule has 0 bridgehead atoms. The number of nitrogens with zero attached hydrogens (tertiary/aromatic N) is 2. The summed E-state index contributed by atoms with van der Waals surface area (Å²) in [5.41, 5.74) is 4.44. The Morgan fingerprint density at radius 1 is 0.938 bits per heavy atom. The number of ether oxygens (including phenoxy) is 2. The number of hydrazine groups is 1. The number of hydrogen-bond donors (Lipinski definition) is 3. The monoisotopic (exact) mass is 676 g/mol. The second-order valence-electron chi connectivity index (χ2n) is 11.9. The Labute approximate surface area is 283 Å². The van der Waals surface area contributed by atoms with Crippen LogP contribution in [0.15, 0.2) is 83.8 Å². The lowest BCUT2D eigenvalue weighted by Gasteiger charge is -2.37. The lowest BCUT2D eigenvalue weighted by atomic mass is 9.99. The van der Waals surface area contributed by atoms with Gasteiger partial charge in [0.25, 0.3) is 5.91 Å². The number of benzene rings is 3. The lowest BCUT2D eigenvalue weighted by molar-refractivity contribution is -0.147. The van der Waals surface area contributed by atoms with Crippen molar-refractivity contribution in [2.45, 2.75) is 56.7 Å². The summed E-state index contributed by atoms with van der Waals surface area (Å²) < 4.78 is 40.5. The molecule has 3 N–H and O–H groups in total. The summed E-state index contributed by atoms with van der Waals surface area (Å²) in [6, 6.07) is 22.1. The molecule has 3 aromatic carbocycles. The molecule has 2 atom stereocenters. The third kappa shape index (κ3) is 10.3. The Morgan fingerprint density at radius 2 is 1.58 bits per heavy atom. The minimum Gasteiger partial charge on any atom is -0.486 e. The standard InChI is InChI=1S/C36H44N4O7S/c1-4-5-16-36(43)40(38-35(42)24-37-23-29-14-10-7-11-15-29)31(21-28-12-8-6-9-13-28)32(41)26-39(25-27(2)3)48(44,45)30-17-18-33-34(22-30)47-20-19-46-33/h1,6-15,17-18,22,27,31-32,37,41H,5,16,19-21,23-26H2,2-3H3,(H,38,42)/t31?,32-/m1/s1. The van der Waals surface area contributed by atoms with Gasteiger partial charge in [-0.05, 0) is 35.6 Å². The van der Waals surface area contributed by atoms with E-state index in [1.807, 2.05) is 74.5 Å². The number of hydrogen-bond acceptors (Lipinski definition) is 8. The average Bonchev–Trinajstić information content (AvgIpc) is 3.08. The zero-order valence-electron chi connectivity index (χ0n) is 27.4. The first-order valence-electron chi connectivity index (χ1n) is 16.0. The molecule has 12 heteroatoms. The van der Waals surface area contributed by atoms with Crippen LogP contribution >= 0.6 is 0 Å². The minimum atomic E-state index is -4.14. The molecule has 1 aliphatic heterocycles. The van der Waals surface area contributed by atoms with Crippen LogP contribution in [-0.2, 0) is 32.6 Å². The second kappa shape index (κ2) is 17.7. The van der Waals surface area contributed by atoms with Crippen LogP contribution in [0.3, 0.4) is 0 Å². The number of nitrogens with one attached hydrogen (secondary N) is 2. The maximum Gasteiger partial charge on any atom is 0.252 e. The molecule has 4 rings (SSSR count). The van der Waals surface area contributed by atoms with Gasteiger partial charge in [-0.1, -0.05) is 74.5 Å². The SMILES string of the molecule is C#CCCC(=O)N(NC(=O)CNCc1ccccc1)C(Cc1ccccc1)[C@H](O)CN(CC(C)C)S(=O)(=O)c1ccc2c(c1)OCCO2. The van der Waals surface area contributed by atoms with Crippen molar-refractivity contribution in [3.8, 4) is 23.8 Å². The maximum absolute atomic E-state index is 14.1. The molecule has 0 aliphatic carbocycles. The maximum atomic E-state index is 14.1. The van der Waals surface area contributed by atoms with Crippen LogP contribution < -0.4 is 20.2 Å². The summed E-state index contributed by atoms with van der Waals surface area (Å²) >= 11 is 0. The number of sulfonamides is 1. The minimum absolute atomic E-state index is 0.0149. The van der Waals surface area contributed by atoms with Crippen LogP contribution in [0.1, 0.15) is 37.8 Å². The highest BCUT2D eigenvalue weighted by molar-refractivity contribution is 7.89. The van der Waals surface area contributed by atoms with E-state index in [4.69, 9.17) is 15.9 Å². The fraction of sp³-hybridized carbons (Fsp3) is 0.389. The van der Waals surface area contributed by atoms with E-state index in [9.17, 15) is 23.1 Å². The van der Waals surface area contributed by atoms with Crippen LogP contribution in [0.5, 0.6) is 11.5 Å². The van der Waals surface area contributed by atoms with E-state index >= 15 is 0 Å². The van der Waals surface area contributed by atoms with Crippen molar-refractivity contribution in [3.63, 3.8) is 0 Å². The van der Waals surface area contributed by atoms with Gasteiger partial charge in [-0.2, -0.15) is 4.31 Å². The van der Waals surface area contributed by atoms with Crippen molar-refractivity contribution in [3.05, 3.63) is 90.0 Å². The van der Waals surface area contributed by atoms with Gasteiger partial charge < -0.3 is 19.9 Å². The van der Waals surface area contributed by atoms with Gasteiger partial charge in [0.05, 0.1) is 23.6 Å². The van der Waals surface area contributed by atoms with Gasteiger partial charge in [0, 0.05) is 38.5 Å². The molecule has 0 radical (unpaired) electrons. The van der Waals surface area contributed by atoms with E-state index in [0.29, 0.717) is 31.3 Å². The van der Waals surface area contributed by atoms with Crippen molar-refractivity contribution in [2.24, 2.45) is 5.92 Å². The van der Waals surface area contributed by atoms with Crippen LogP contribution in [0, 0.1) is 18.3 Å². The number of amides is 2. The average molecular weight is 677 g/mol. The Hall–Kier alpha value is -4.41. The van der Waals surface area contributed by atoms with Gasteiger partial charge in [0.15, 0.2) is 11.5 Å². The number of fused-ring (bicyclic) bond motifs is 1. The molecule has 2 amide bonds. The molecule has 11 nitrogen and oxygen atoms in total. The van der Waals surface area contributed by atoms with Crippen LogP contribution in [0.4, 0.5) is 0 Å². The van der Waals surface area contributed by atoms with E-state index in [0.717, 1.165) is 16.1 Å². The Bertz CT molecular complexity index is 1650. The van der Waals surface area contributed by atoms with Gasteiger partial charge in [0.1, 0.15) is 13.2 Å². The number of aliphatic hydroxyl groups is 1. The molecule has 1 aliphatic rings. The summed E-state index contributed by atoms with van der Waals surface area (Å²) in [4.78, 5) is 26.8. The molecule has 1 heterocycles. The lowest BCUT2D eigenvalue weighted by Crippen LogP contribution is -2.60. The highest BCUT2D eigenvalue weighted by Gasteiger charge is 2.36. The quantitative estimate of drug-likeness (QED) is 0.156. The molecule has 0 aromatic heterocycles. The van der Waals surface area contributed by atoms with Gasteiger partial charge in [-0.25, -0.2) is 13.4 Å². The third-order valence-electron chi connectivity index (χ3n) is 7.63. The van der Waals surface area contributed by atoms with Crippen molar-refractivity contribution in [1.82, 2.24) is 20.1 Å². The highest BCUT2D eigenvalue weighted by atomic mass is 32.2. The summed E-state index contributed by atoms with van der Waals surface area (Å²) in [6.45, 7) is 4.46. The summed E-state index contributed by atoms with van der Waals surface area (Å²) in [5.74, 6) is 2.12. The van der Waals surface area contributed by atoms with Gasteiger partial charge in [-0.15, -0.1) is 12.3 Å². The fourth-order valence-corrected chi connectivity index (χ4v) is 6.95. The Balaban J connectivity index is 1.62. The summed E-state index contributed by atoms with van der Waals surface area (Å²) in [5, 5.41) is 16.1. The van der Waals surface area contributed by atoms with Crippen LogP contribution in [-0.4, -0.2) is 79.6 Å². The van der Waals surface area contributed by atoms with E-state index in [1.165, 1.54) is 16.4 Å². The number of rotatable bonds is 16. The van der Waals surface area contributed by atoms with Crippen molar-refractivity contribution >= 4 is 21.8 Å². The predicted octanol–water partition coefficient (Wildman–Crippen LogP) is 3.14. The first kappa shape index (κ1) is 36.4. The van der Waals surface area contributed by atoms with Crippen molar-refractivity contribution < 1.29 is 32.6 Å². The first-order valence-corrected chi connectivity index (χ1v) is 17.4. The Kier molecular flexibility index (Phi) is 13.4. The van der Waals surface area contributed by atoms with Gasteiger partial charge in [-0.3, -0.25) is 15.0 Å². The summed E-state index contributed by atoms with van der Waals surface area (Å²) in [6.07, 6.45) is 4.20. The normalized spacial score (nSPS) is 13.8. The zero-order valence-corrected chi connectivity index (χ0v) is 28.2. The van der Waals surface area contributed by atoms with Crippen LogP contribution in [0.25, 0.3) is 0 Å². The molecule has 256 valence electrons. The zero-order chi connectivity index (χ0) is 34.5. The summed E-state index contributed by atoms with van der Waals surface area (Å²) in [7, 11) is -4.14. The first-order chi connectivity index (χ1) is 23.1. The number of carbonyl (C=O) groups excluding carboxylic acids is 2. The van der Waals surface area contributed by atoms with Crippen LogP contribution in [0.2, 0.25) is 0 Å².